The van der Waals surface area contributed by atoms with E-state index in [-0.39, 0.29) is 47.5 Å². The van der Waals surface area contributed by atoms with Crippen molar-refractivity contribution in [1.29, 1.82) is 0 Å². The minimum absolute atomic E-state index is 0.0196. The van der Waals surface area contributed by atoms with Gasteiger partial charge in [-0.1, -0.05) is 45.9 Å². The Morgan fingerprint density at radius 1 is 0.906 bits per heavy atom. The van der Waals surface area contributed by atoms with Gasteiger partial charge in [0.25, 0.3) is 11.8 Å². The maximum atomic E-state index is 13.8. The molecule has 1 N–H and O–H groups in total. The van der Waals surface area contributed by atoms with Gasteiger partial charge in [0.2, 0.25) is 0 Å². The van der Waals surface area contributed by atoms with Crippen molar-refractivity contribution in [2.45, 2.75) is 62.6 Å². The summed E-state index contributed by atoms with van der Waals surface area (Å²) in [5.74, 6) is 1.18. The number of amides is 3. The monoisotopic (exact) mass is 766 g/mol. The Bertz CT molecular complexity index is 1800. The van der Waals surface area contributed by atoms with Crippen molar-refractivity contribution < 1.29 is 43.2 Å². The van der Waals surface area contributed by atoms with Crippen LogP contribution in [0.15, 0.2) is 53.6 Å². The van der Waals surface area contributed by atoms with Crippen molar-refractivity contribution in [2.24, 2.45) is 4.99 Å². The molecule has 3 unspecified atom stereocenters. The first-order chi connectivity index (χ1) is 25.5. The molecule has 2 aromatic carbocycles. The molecule has 4 aliphatic rings. The molecule has 4 heterocycles. The van der Waals surface area contributed by atoms with Crippen LogP contribution in [0.25, 0.3) is 0 Å². The first kappa shape index (κ1) is 38.4. The van der Waals surface area contributed by atoms with Gasteiger partial charge in [-0.25, -0.2) is 9.69 Å². The zero-order chi connectivity index (χ0) is 37.8. The van der Waals surface area contributed by atoms with E-state index in [4.69, 9.17) is 23.7 Å². The van der Waals surface area contributed by atoms with E-state index in [1.54, 1.807) is 69.0 Å². The molecule has 2 aromatic rings. The predicted molar refractivity (Wildman–Crippen MR) is 207 cm³/mol. The Morgan fingerprint density at radius 2 is 1.53 bits per heavy atom. The second-order valence-electron chi connectivity index (χ2n) is 13.4. The third-order valence-corrected chi connectivity index (χ3v) is 11.8. The van der Waals surface area contributed by atoms with Crippen LogP contribution >= 0.6 is 21.6 Å². The van der Waals surface area contributed by atoms with Gasteiger partial charge in [0.1, 0.15) is 6.61 Å². The number of unbranched alkanes of at least 4 members (excludes halogenated alkanes) is 2. The van der Waals surface area contributed by atoms with Crippen molar-refractivity contribution in [3.8, 4) is 23.0 Å². The number of ether oxygens (including phenoxy) is 5. The molecule has 0 aromatic heterocycles. The highest BCUT2D eigenvalue weighted by molar-refractivity contribution is 8.76. The summed E-state index contributed by atoms with van der Waals surface area (Å²) in [4.78, 5) is 49.7. The SMILES string of the molecule is C=C1CC2C(O)N(C(=O)OCC(C)SSC)c3cc(OCCCCCOc4cc5c(cc4OC)C(=O)N4CC(=C)C[C@@H]4C=N5)c(OC)cc3C(=O)N2C1. The number of hydrogen-bond donors (Lipinski definition) is 1. The number of carbonyl (C=O) groups excluding carboxylic acids is 3. The molecule has 13 nitrogen and oxygen atoms in total. The largest absolute Gasteiger partial charge is 0.493 e. The molecule has 6 rings (SSSR count). The fourth-order valence-electron chi connectivity index (χ4n) is 6.99. The number of fused-ring (bicyclic) bond motifs is 4. The number of methoxy groups -OCH3 is 2. The Labute approximate surface area is 317 Å². The van der Waals surface area contributed by atoms with Gasteiger partial charge >= 0.3 is 6.09 Å². The Hall–Kier alpha value is -4.34. The van der Waals surface area contributed by atoms with Crippen LogP contribution in [0.4, 0.5) is 16.2 Å². The molecular formula is C38H46N4O9S2. The van der Waals surface area contributed by atoms with Crippen LogP contribution in [-0.2, 0) is 4.74 Å². The lowest BCUT2D eigenvalue weighted by atomic mass is 10.1. The number of aliphatic imine (C=N–C) groups is 1. The second kappa shape index (κ2) is 16.8. The molecular weight excluding hydrogens is 721 g/mol. The fourth-order valence-corrected chi connectivity index (χ4v) is 8.59. The minimum Gasteiger partial charge on any atom is -0.493 e. The standard InChI is InChI=1S/C38H46N4O9S2/c1-22-12-25-18-39-28-16-33(31(47-4)14-26(28)35(43)40(25)19-22)49-10-8-7-9-11-50-34-17-29-27(15-32(34)48-5)36(44)41-20-23(2)13-30(41)37(45)42(29)38(46)51-21-24(3)53-52-6/h14-18,24-25,30,37,45H,1-2,7-13,19-21H2,3-6H3/t24?,25-,30?,37?/m1/s1. The topological polar surface area (TPSA) is 140 Å². The normalized spacial score (nSPS) is 21.0. The Morgan fingerprint density at radius 3 is 2.21 bits per heavy atom. The first-order valence-electron chi connectivity index (χ1n) is 17.6. The van der Waals surface area contributed by atoms with Crippen LogP contribution in [0.5, 0.6) is 23.0 Å². The fraction of sp³-hybridized carbons (Fsp3) is 0.474. The third kappa shape index (κ3) is 8.11. The lowest BCUT2D eigenvalue weighted by Gasteiger charge is -2.31. The molecule has 4 aliphatic heterocycles. The number of benzene rings is 2. The highest BCUT2D eigenvalue weighted by Gasteiger charge is 2.46. The third-order valence-electron chi connectivity index (χ3n) is 9.59. The van der Waals surface area contributed by atoms with Gasteiger partial charge in [0.05, 0.1) is 62.0 Å². The zero-order valence-corrected chi connectivity index (χ0v) is 32.1. The van der Waals surface area contributed by atoms with Crippen molar-refractivity contribution in [3.05, 3.63) is 59.7 Å². The van der Waals surface area contributed by atoms with Gasteiger partial charge in [-0.15, -0.1) is 0 Å². The smallest absolute Gasteiger partial charge is 0.416 e. The van der Waals surface area contributed by atoms with E-state index in [9.17, 15) is 19.5 Å². The molecule has 2 saturated heterocycles. The lowest BCUT2D eigenvalue weighted by Crippen LogP contribution is -2.51. The predicted octanol–water partition coefficient (Wildman–Crippen LogP) is 6.26. The van der Waals surface area contributed by atoms with Crippen LogP contribution in [0.2, 0.25) is 0 Å². The highest BCUT2D eigenvalue weighted by atomic mass is 33.1. The van der Waals surface area contributed by atoms with Gasteiger partial charge in [-0.05, 0) is 57.4 Å². The number of aliphatic hydroxyl groups excluding tert-OH is 1. The number of rotatable bonds is 14. The number of hydrogen-bond acceptors (Lipinski definition) is 12. The molecule has 0 radical (unpaired) electrons. The number of aliphatic hydroxyl groups is 1. The average Bonchev–Trinajstić information content (AvgIpc) is 3.68. The van der Waals surface area contributed by atoms with E-state index in [0.29, 0.717) is 79.7 Å². The molecule has 0 aliphatic carbocycles. The molecule has 15 heteroatoms. The van der Waals surface area contributed by atoms with Crippen LogP contribution in [0.3, 0.4) is 0 Å². The molecule has 284 valence electrons. The van der Waals surface area contributed by atoms with Gasteiger partial charge in [-0.2, -0.15) is 0 Å². The quantitative estimate of drug-likeness (QED) is 0.132. The van der Waals surface area contributed by atoms with Gasteiger partial charge in [0.15, 0.2) is 29.2 Å². The van der Waals surface area contributed by atoms with Crippen molar-refractivity contribution in [2.75, 3.05) is 58.3 Å². The molecule has 3 amide bonds. The summed E-state index contributed by atoms with van der Waals surface area (Å²) in [5.41, 5.74) is 3.20. The van der Waals surface area contributed by atoms with Gasteiger partial charge < -0.3 is 38.6 Å². The highest BCUT2D eigenvalue weighted by Crippen LogP contribution is 2.42. The molecule has 4 atom stereocenters. The summed E-state index contributed by atoms with van der Waals surface area (Å²) in [5, 5.41) is 11.6. The Balaban J connectivity index is 1.09. The maximum Gasteiger partial charge on any atom is 0.416 e. The zero-order valence-electron chi connectivity index (χ0n) is 30.5. The van der Waals surface area contributed by atoms with Crippen LogP contribution < -0.4 is 23.8 Å². The van der Waals surface area contributed by atoms with Crippen molar-refractivity contribution in [1.82, 2.24) is 9.80 Å². The van der Waals surface area contributed by atoms with Crippen LogP contribution in [0.1, 0.15) is 59.7 Å². The molecule has 53 heavy (non-hydrogen) atoms. The first-order valence-corrected chi connectivity index (χ1v) is 20.2. The van der Waals surface area contributed by atoms with E-state index in [1.165, 1.54) is 7.11 Å². The van der Waals surface area contributed by atoms with E-state index in [1.807, 2.05) is 13.2 Å². The summed E-state index contributed by atoms with van der Waals surface area (Å²) < 4.78 is 29.1. The molecule has 2 fully saturated rings. The summed E-state index contributed by atoms with van der Waals surface area (Å²) in [6, 6.07) is 5.78. The Kier molecular flexibility index (Phi) is 12.1. The van der Waals surface area contributed by atoms with E-state index in [2.05, 4.69) is 18.2 Å². The summed E-state index contributed by atoms with van der Waals surface area (Å²) in [6.07, 6.45) is 4.83. The van der Waals surface area contributed by atoms with Crippen molar-refractivity contribution in [3.63, 3.8) is 0 Å². The maximum absolute atomic E-state index is 13.8. The number of anilines is 1. The van der Waals surface area contributed by atoms with E-state index >= 15 is 0 Å². The molecule has 0 spiro atoms. The molecule has 0 bridgehead atoms. The van der Waals surface area contributed by atoms with E-state index in [0.717, 1.165) is 22.5 Å². The van der Waals surface area contributed by atoms with Crippen molar-refractivity contribution >= 4 is 57.1 Å². The van der Waals surface area contributed by atoms with Gasteiger partial charge in [-0.3, -0.25) is 14.6 Å². The van der Waals surface area contributed by atoms with Crippen LogP contribution in [-0.4, -0.2) is 116 Å². The molecule has 0 saturated carbocycles. The minimum atomic E-state index is -1.36. The van der Waals surface area contributed by atoms with Gasteiger partial charge in [0, 0.05) is 36.7 Å². The number of nitrogens with zero attached hydrogens (tertiary/aromatic N) is 4. The van der Waals surface area contributed by atoms with Crippen LogP contribution in [0, 0.1) is 0 Å². The summed E-state index contributed by atoms with van der Waals surface area (Å²) >= 11 is 0. The average molecular weight is 767 g/mol. The van der Waals surface area contributed by atoms with E-state index < -0.39 is 18.4 Å². The summed E-state index contributed by atoms with van der Waals surface area (Å²) in [6.45, 7) is 11.6. The summed E-state index contributed by atoms with van der Waals surface area (Å²) in [7, 11) is 6.17. The number of carbonyl (C=O) groups is 3. The lowest BCUT2D eigenvalue weighted by molar-refractivity contribution is 0.0491. The second-order valence-corrected chi connectivity index (χ2v) is 16.3.